The highest BCUT2D eigenvalue weighted by Gasteiger charge is 2.54. The number of ether oxygens (including phenoxy) is 1. The first-order valence-electron chi connectivity index (χ1n) is 8.55. The van der Waals surface area contributed by atoms with Gasteiger partial charge in [0.2, 0.25) is 17.1 Å². The second-order valence-electron chi connectivity index (χ2n) is 6.27. The SMILES string of the molecule is O=C1C(c2ccccc2)=NNC1(C(=O)c1ccccc1)C1=CCOCC1. The Morgan fingerprint density at radius 3 is 2.38 bits per heavy atom. The highest BCUT2D eigenvalue weighted by molar-refractivity contribution is 6.55. The highest BCUT2D eigenvalue weighted by Crippen LogP contribution is 2.32. The van der Waals surface area contributed by atoms with Crippen LogP contribution in [0.1, 0.15) is 22.3 Å². The molecule has 130 valence electrons. The van der Waals surface area contributed by atoms with Gasteiger partial charge in [0.05, 0.1) is 13.2 Å². The zero-order valence-corrected chi connectivity index (χ0v) is 14.1. The molecule has 2 heterocycles. The molecule has 0 bridgehead atoms. The molecule has 5 nitrogen and oxygen atoms in total. The first kappa shape index (κ1) is 16.4. The maximum Gasteiger partial charge on any atom is 0.222 e. The number of ketones is 2. The van der Waals surface area contributed by atoms with Crippen molar-refractivity contribution in [3.8, 4) is 0 Å². The second-order valence-corrected chi connectivity index (χ2v) is 6.27. The van der Waals surface area contributed by atoms with Gasteiger partial charge in [-0.15, -0.1) is 0 Å². The molecule has 0 radical (unpaired) electrons. The van der Waals surface area contributed by atoms with E-state index in [9.17, 15) is 9.59 Å². The minimum Gasteiger partial charge on any atom is -0.377 e. The van der Waals surface area contributed by atoms with E-state index in [4.69, 9.17) is 4.74 Å². The number of hydrazone groups is 1. The van der Waals surface area contributed by atoms with Crippen molar-refractivity contribution < 1.29 is 14.3 Å². The maximum absolute atomic E-state index is 13.4. The summed E-state index contributed by atoms with van der Waals surface area (Å²) in [7, 11) is 0. The fourth-order valence-corrected chi connectivity index (χ4v) is 3.40. The molecule has 2 aromatic carbocycles. The van der Waals surface area contributed by atoms with E-state index in [-0.39, 0.29) is 17.3 Å². The quantitative estimate of drug-likeness (QED) is 0.525. The minimum absolute atomic E-state index is 0.280. The lowest BCUT2D eigenvalue weighted by Crippen LogP contribution is -2.56. The van der Waals surface area contributed by atoms with Gasteiger partial charge in [-0.25, -0.2) is 0 Å². The molecule has 0 aromatic heterocycles. The Morgan fingerprint density at radius 2 is 1.73 bits per heavy atom. The van der Waals surface area contributed by atoms with Crippen molar-refractivity contribution >= 4 is 17.3 Å². The van der Waals surface area contributed by atoms with Crippen molar-refractivity contribution in [2.75, 3.05) is 13.2 Å². The van der Waals surface area contributed by atoms with Gasteiger partial charge in [0.25, 0.3) is 0 Å². The lowest BCUT2D eigenvalue weighted by Gasteiger charge is -2.30. The summed E-state index contributed by atoms with van der Waals surface area (Å²) in [4.78, 5) is 26.9. The fourth-order valence-electron chi connectivity index (χ4n) is 3.40. The molecule has 0 saturated carbocycles. The van der Waals surface area contributed by atoms with E-state index in [1.807, 2.05) is 42.5 Å². The Labute approximate surface area is 151 Å². The number of hydrogen-bond acceptors (Lipinski definition) is 5. The van der Waals surface area contributed by atoms with Crippen LogP contribution < -0.4 is 5.43 Å². The number of nitrogens with zero attached hydrogens (tertiary/aromatic N) is 1. The zero-order valence-electron chi connectivity index (χ0n) is 14.1. The molecular weight excluding hydrogens is 328 g/mol. The standard InChI is InChI=1S/C21H18N2O3/c24-19(16-9-5-2-6-10-16)21(17-11-13-26-14-12-17)20(25)18(22-23-21)15-7-3-1-4-8-15/h1-11,23H,12-14H2. The Bertz CT molecular complexity index is 903. The Balaban J connectivity index is 1.80. The fraction of sp³-hybridized carbons (Fsp3) is 0.190. The molecule has 2 aliphatic heterocycles. The third-order valence-corrected chi connectivity index (χ3v) is 4.76. The van der Waals surface area contributed by atoms with Crippen LogP contribution in [-0.2, 0) is 9.53 Å². The molecule has 0 amide bonds. The van der Waals surface area contributed by atoms with E-state index in [2.05, 4.69) is 10.5 Å². The van der Waals surface area contributed by atoms with E-state index in [0.717, 1.165) is 5.57 Å². The van der Waals surface area contributed by atoms with Gasteiger partial charge < -0.3 is 4.74 Å². The van der Waals surface area contributed by atoms with Gasteiger partial charge in [-0.2, -0.15) is 5.10 Å². The molecule has 1 atom stereocenters. The van der Waals surface area contributed by atoms with Crippen molar-refractivity contribution in [3.63, 3.8) is 0 Å². The van der Waals surface area contributed by atoms with E-state index in [1.54, 1.807) is 24.3 Å². The van der Waals surface area contributed by atoms with Crippen LogP contribution in [0.25, 0.3) is 0 Å². The summed E-state index contributed by atoms with van der Waals surface area (Å²) in [6.45, 7) is 0.861. The Kier molecular flexibility index (Phi) is 4.22. The molecule has 0 fully saturated rings. The summed E-state index contributed by atoms with van der Waals surface area (Å²) in [5.41, 5.74) is 3.58. The van der Waals surface area contributed by atoms with Gasteiger partial charge in [0.15, 0.2) is 0 Å². The van der Waals surface area contributed by atoms with Crippen LogP contribution in [0.3, 0.4) is 0 Å². The monoisotopic (exact) mass is 346 g/mol. The van der Waals surface area contributed by atoms with E-state index in [1.165, 1.54) is 0 Å². The average molecular weight is 346 g/mol. The summed E-state index contributed by atoms with van der Waals surface area (Å²) in [5, 5.41) is 4.28. The van der Waals surface area contributed by atoms with Crippen LogP contribution in [-0.4, -0.2) is 36.0 Å². The highest BCUT2D eigenvalue weighted by atomic mass is 16.5. The summed E-state index contributed by atoms with van der Waals surface area (Å²) < 4.78 is 5.37. The number of carbonyl (C=O) groups excluding carboxylic acids is 2. The van der Waals surface area contributed by atoms with Gasteiger partial charge in [-0.3, -0.25) is 15.0 Å². The Morgan fingerprint density at radius 1 is 1.04 bits per heavy atom. The number of carbonyl (C=O) groups is 2. The van der Waals surface area contributed by atoms with E-state index < -0.39 is 5.54 Å². The number of benzene rings is 2. The number of rotatable bonds is 4. The molecule has 2 aromatic rings. The van der Waals surface area contributed by atoms with Crippen molar-refractivity contribution in [2.45, 2.75) is 12.0 Å². The lowest BCUT2D eigenvalue weighted by molar-refractivity contribution is -0.115. The van der Waals surface area contributed by atoms with E-state index >= 15 is 0 Å². The van der Waals surface area contributed by atoms with Crippen molar-refractivity contribution in [2.24, 2.45) is 5.10 Å². The molecular formula is C21H18N2O3. The third-order valence-electron chi connectivity index (χ3n) is 4.76. The summed E-state index contributed by atoms with van der Waals surface area (Å²) in [6, 6.07) is 18.1. The first-order valence-corrected chi connectivity index (χ1v) is 8.55. The smallest absolute Gasteiger partial charge is 0.222 e. The normalized spacial score (nSPS) is 22.4. The van der Waals surface area contributed by atoms with Crippen molar-refractivity contribution in [1.29, 1.82) is 0 Å². The number of hydrogen-bond donors (Lipinski definition) is 1. The molecule has 26 heavy (non-hydrogen) atoms. The molecule has 5 heteroatoms. The Hall–Kier alpha value is -3.05. The van der Waals surface area contributed by atoms with Gasteiger partial charge in [-0.05, 0) is 12.0 Å². The second kappa shape index (κ2) is 6.69. The van der Waals surface area contributed by atoms with Crippen molar-refractivity contribution in [3.05, 3.63) is 83.4 Å². The van der Waals surface area contributed by atoms with Gasteiger partial charge >= 0.3 is 0 Å². The molecule has 0 spiro atoms. The van der Waals surface area contributed by atoms with Crippen LogP contribution in [0, 0.1) is 0 Å². The maximum atomic E-state index is 13.4. The molecule has 1 unspecified atom stereocenters. The first-order chi connectivity index (χ1) is 12.7. The zero-order chi connectivity index (χ0) is 18.0. The predicted octanol–water partition coefficient (Wildman–Crippen LogP) is 2.53. The van der Waals surface area contributed by atoms with Crippen LogP contribution in [0.5, 0.6) is 0 Å². The summed E-state index contributed by atoms with van der Waals surface area (Å²) in [5.74, 6) is -0.600. The largest absolute Gasteiger partial charge is 0.377 e. The summed E-state index contributed by atoms with van der Waals surface area (Å²) in [6.07, 6.45) is 2.33. The molecule has 0 aliphatic carbocycles. The van der Waals surface area contributed by atoms with Crippen molar-refractivity contribution in [1.82, 2.24) is 5.43 Å². The van der Waals surface area contributed by atoms with Crippen LogP contribution in [0.4, 0.5) is 0 Å². The number of nitrogens with one attached hydrogen (secondary N) is 1. The molecule has 1 N–H and O–H groups in total. The number of Topliss-reactive ketones (excluding diaryl/α,β-unsaturated/α-hetero) is 2. The van der Waals surface area contributed by atoms with Crippen LogP contribution in [0.2, 0.25) is 0 Å². The van der Waals surface area contributed by atoms with Crippen LogP contribution >= 0.6 is 0 Å². The predicted molar refractivity (Wildman–Crippen MR) is 98.1 cm³/mol. The molecule has 4 rings (SSSR count). The third kappa shape index (κ3) is 2.57. The van der Waals surface area contributed by atoms with Gasteiger partial charge in [0.1, 0.15) is 5.71 Å². The average Bonchev–Trinajstić information content (AvgIpc) is 3.07. The van der Waals surface area contributed by atoms with Gasteiger partial charge in [0, 0.05) is 11.1 Å². The molecule has 2 aliphatic rings. The topological polar surface area (TPSA) is 67.8 Å². The minimum atomic E-state index is -1.49. The van der Waals surface area contributed by atoms with E-state index in [0.29, 0.717) is 30.8 Å². The lowest BCUT2D eigenvalue weighted by atomic mass is 9.76. The van der Waals surface area contributed by atoms with Crippen LogP contribution in [0.15, 0.2) is 77.4 Å². The summed E-state index contributed by atoms with van der Waals surface area (Å²) >= 11 is 0. The molecule has 0 saturated heterocycles. The van der Waals surface area contributed by atoms with Gasteiger partial charge in [-0.1, -0.05) is 66.7 Å².